The molecule has 4 aromatic rings. The van der Waals surface area contributed by atoms with Crippen molar-refractivity contribution in [3.05, 3.63) is 75.6 Å². The number of H-pyrrole nitrogens is 1. The Balaban J connectivity index is 1.68. The van der Waals surface area contributed by atoms with Crippen molar-refractivity contribution in [1.29, 1.82) is 0 Å². The lowest BCUT2D eigenvalue weighted by Crippen LogP contribution is -2.02. The van der Waals surface area contributed by atoms with Crippen molar-refractivity contribution in [3.8, 4) is 5.75 Å². The first kappa shape index (κ1) is 21.5. The number of nitrogens with one attached hydrogen (secondary N) is 1. The number of benzene rings is 1. The lowest BCUT2D eigenvalue weighted by Gasteiger charge is -2.14. The number of aromatic amines is 1. The zero-order chi connectivity index (χ0) is 22.3. The SMILES string of the molecule is Cc1[nH]c2ccc(OCc3nccs3)c(Cc3cccnc3)c2c1CCON=CC(=O)O. The summed E-state index contributed by atoms with van der Waals surface area (Å²) in [4.78, 5) is 27.7. The molecule has 0 saturated carbocycles. The number of hydrogen-bond acceptors (Lipinski definition) is 7. The predicted octanol–water partition coefficient (Wildman–Crippen LogP) is 4.13. The molecule has 0 atom stereocenters. The monoisotopic (exact) mass is 450 g/mol. The molecule has 164 valence electrons. The molecule has 0 aliphatic rings. The molecule has 0 amide bonds. The molecule has 8 nitrogen and oxygen atoms in total. The molecule has 0 fully saturated rings. The van der Waals surface area contributed by atoms with Gasteiger partial charge in [0.25, 0.3) is 0 Å². The lowest BCUT2D eigenvalue weighted by molar-refractivity contribution is -0.129. The number of ether oxygens (including phenoxy) is 1. The number of fused-ring (bicyclic) bond motifs is 1. The van der Waals surface area contributed by atoms with Crippen LogP contribution in [-0.4, -0.2) is 38.8 Å². The Morgan fingerprint density at radius 2 is 2.19 bits per heavy atom. The number of carboxylic acid groups (broad SMARTS) is 1. The molecule has 2 N–H and O–H groups in total. The van der Waals surface area contributed by atoms with Crippen molar-refractivity contribution in [3.63, 3.8) is 0 Å². The van der Waals surface area contributed by atoms with Gasteiger partial charge in [0.1, 0.15) is 24.0 Å². The van der Waals surface area contributed by atoms with E-state index in [2.05, 4.69) is 20.1 Å². The molecule has 1 aromatic carbocycles. The van der Waals surface area contributed by atoms with Gasteiger partial charge < -0.3 is 19.7 Å². The van der Waals surface area contributed by atoms with Gasteiger partial charge in [-0.25, -0.2) is 9.78 Å². The number of carboxylic acids is 1. The van der Waals surface area contributed by atoms with Crippen molar-refractivity contribution in [2.45, 2.75) is 26.4 Å². The number of carbonyl (C=O) groups is 1. The zero-order valence-corrected chi connectivity index (χ0v) is 18.3. The van der Waals surface area contributed by atoms with Crippen LogP contribution in [0.15, 0.2) is 53.4 Å². The fourth-order valence-electron chi connectivity index (χ4n) is 3.62. The molecule has 0 spiro atoms. The van der Waals surface area contributed by atoms with E-state index < -0.39 is 5.97 Å². The van der Waals surface area contributed by atoms with E-state index in [9.17, 15) is 4.79 Å². The maximum atomic E-state index is 10.6. The minimum absolute atomic E-state index is 0.258. The largest absolute Gasteiger partial charge is 0.486 e. The normalized spacial score (nSPS) is 11.3. The van der Waals surface area contributed by atoms with Gasteiger partial charge in [-0.15, -0.1) is 11.3 Å². The zero-order valence-electron chi connectivity index (χ0n) is 17.4. The number of nitrogens with zero attached hydrogens (tertiary/aromatic N) is 3. The van der Waals surface area contributed by atoms with Gasteiger partial charge in [0.2, 0.25) is 0 Å². The highest BCUT2D eigenvalue weighted by molar-refractivity contribution is 7.09. The van der Waals surface area contributed by atoms with Crippen LogP contribution in [-0.2, 0) is 29.1 Å². The van der Waals surface area contributed by atoms with Crippen molar-refractivity contribution in [2.24, 2.45) is 5.16 Å². The van der Waals surface area contributed by atoms with E-state index in [0.29, 0.717) is 19.4 Å². The standard InChI is InChI=1S/C23H22N4O4S/c1-15-17(6-9-31-26-13-22(28)29)23-18(11-16-3-2-7-24-12-16)20(5-4-19(23)27-15)30-14-21-25-8-10-32-21/h2-5,7-8,10,12-13,27H,6,9,11,14H2,1H3,(H,28,29). The van der Waals surface area contributed by atoms with Crippen LogP contribution in [0.1, 0.15) is 27.4 Å². The highest BCUT2D eigenvalue weighted by Crippen LogP contribution is 2.35. The molecular formula is C23H22N4O4S. The second kappa shape index (κ2) is 10.1. The highest BCUT2D eigenvalue weighted by Gasteiger charge is 2.18. The van der Waals surface area contributed by atoms with E-state index >= 15 is 0 Å². The average molecular weight is 451 g/mol. The number of aryl methyl sites for hydroxylation is 1. The topological polar surface area (TPSA) is 110 Å². The van der Waals surface area contributed by atoms with E-state index in [4.69, 9.17) is 14.7 Å². The molecular weight excluding hydrogens is 428 g/mol. The van der Waals surface area contributed by atoms with Crippen molar-refractivity contribution in [2.75, 3.05) is 6.61 Å². The van der Waals surface area contributed by atoms with Gasteiger partial charge in [-0.05, 0) is 36.2 Å². The molecule has 0 aliphatic heterocycles. The molecule has 32 heavy (non-hydrogen) atoms. The Bertz CT molecular complexity index is 1220. The summed E-state index contributed by atoms with van der Waals surface area (Å²) < 4.78 is 6.19. The molecule has 3 heterocycles. The van der Waals surface area contributed by atoms with E-state index in [1.165, 1.54) is 0 Å². The van der Waals surface area contributed by atoms with E-state index in [0.717, 1.165) is 50.3 Å². The van der Waals surface area contributed by atoms with Crippen LogP contribution in [0.3, 0.4) is 0 Å². The number of oxime groups is 1. The fraction of sp³-hybridized carbons (Fsp3) is 0.217. The van der Waals surface area contributed by atoms with Gasteiger partial charge in [-0.2, -0.15) is 0 Å². The smallest absolute Gasteiger partial charge is 0.350 e. The second-order valence-electron chi connectivity index (χ2n) is 7.10. The van der Waals surface area contributed by atoms with E-state index in [1.807, 2.05) is 42.8 Å². The molecule has 0 unspecified atom stereocenters. The van der Waals surface area contributed by atoms with Crippen LogP contribution in [0.2, 0.25) is 0 Å². The number of aliphatic carboxylic acids is 1. The quantitative estimate of drug-likeness (QED) is 0.214. The Kier molecular flexibility index (Phi) is 6.76. The molecule has 0 aliphatic carbocycles. The third-order valence-corrected chi connectivity index (χ3v) is 5.72. The van der Waals surface area contributed by atoms with Crippen LogP contribution >= 0.6 is 11.3 Å². The van der Waals surface area contributed by atoms with Crippen LogP contribution in [0.5, 0.6) is 5.75 Å². The van der Waals surface area contributed by atoms with Crippen LogP contribution in [0, 0.1) is 6.92 Å². The molecule has 9 heteroatoms. The third-order valence-electron chi connectivity index (χ3n) is 4.97. The Morgan fingerprint density at radius 1 is 1.28 bits per heavy atom. The summed E-state index contributed by atoms with van der Waals surface area (Å²) in [5, 5.41) is 16.0. The number of rotatable bonds is 10. The van der Waals surface area contributed by atoms with Gasteiger partial charge >= 0.3 is 5.97 Å². The van der Waals surface area contributed by atoms with Crippen molar-refractivity contribution < 1.29 is 19.5 Å². The van der Waals surface area contributed by atoms with Crippen molar-refractivity contribution in [1.82, 2.24) is 15.0 Å². The number of thiazole rings is 1. The van der Waals surface area contributed by atoms with Gasteiger partial charge in [0, 0.05) is 59.0 Å². The van der Waals surface area contributed by atoms with Crippen molar-refractivity contribution >= 4 is 34.4 Å². The molecule has 0 saturated heterocycles. The van der Waals surface area contributed by atoms with Gasteiger partial charge in [0.15, 0.2) is 6.21 Å². The lowest BCUT2D eigenvalue weighted by atomic mass is 9.97. The minimum atomic E-state index is -1.14. The number of hydrogen-bond donors (Lipinski definition) is 2. The molecule has 3 aromatic heterocycles. The highest BCUT2D eigenvalue weighted by atomic mass is 32.1. The first-order chi connectivity index (χ1) is 15.6. The summed E-state index contributed by atoms with van der Waals surface area (Å²) in [7, 11) is 0. The second-order valence-corrected chi connectivity index (χ2v) is 8.08. The summed E-state index contributed by atoms with van der Waals surface area (Å²) in [5.74, 6) is -0.351. The first-order valence-electron chi connectivity index (χ1n) is 10.0. The fourth-order valence-corrected chi connectivity index (χ4v) is 4.15. The van der Waals surface area contributed by atoms with Crippen LogP contribution < -0.4 is 4.74 Å². The van der Waals surface area contributed by atoms with Gasteiger partial charge in [0.05, 0.1) is 0 Å². The molecule has 4 rings (SSSR count). The summed E-state index contributed by atoms with van der Waals surface area (Å²) >= 11 is 1.56. The summed E-state index contributed by atoms with van der Waals surface area (Å²) in [6.07, 6.45) is 7.33. The summed E-state index contributed by atoms with van der Waals surface area (Å²) in [5.41, 5.74) is 5.25. The minimum Gasteiger partial charge on any atom is -0.486 e. The Hall–Kier alpha value is -3.72. The van der Waals surface area contributed by atoms with E-state index in [1.54, 1.807) is 23.7 Å². The van der Waals surface area contributed by atoms with E-state index in [-0.39, 0.29) is 6.61 Å². The maximum Gasteiger partial charge on any atom is 0.350 e. The Labute approximate surface area is 188 Å². The Morgan fingerprint density at radius 3 is 2.94 bits per heavy atom. The van der Waals surface area contributed by atoms with Crippen LogP contribution in [0.4, 0.5) is 0 Å². The third kappa shape index (κ3) is 5.12. The van der Waals surface area contributed by atoms with Gasteiger partial charge in [-0.3, -0.25) is 4.98 Å². The van der Waals surface area contributed by atoms with Gasteiger partial charge in [-0.1, -0.05) is 11.2 Å². The predicted molar refractivity (Wildman–Crippen MR) is 122 cm³/mol. The maximum absolute atomic E-state index is 10.6. The number of pyridine rings is 1. The summed E-state index contributed by atoms with van der Waals surface area (Å²) in [6.45, 7) is 2.67. The molecule has 0 bridgehead atoms. The summed E-state index contributed by atoms with van der Waals surface area (Å²) in [6, 6.07) is 7.96. The first-order valence-corrected chi connectivity index (χ1v) is 10.9. The van der Waals surface area contributed by atoms with Crippen LogP contribution in [0.25, 0.3) is 10.9 Å². The number of aromatic nitrogens is 3. The molecule has 0 radical (unpaired) electrons. The average Bonchev–Trinajstić information content (AvgIpc) is 3.41.